The monoisotopic (exact) mass is 254 g/mol. The second-order valence-corrected chi connectivity index (χ2v) is 6.63. The van der Waals surface area contributed by atoms with Gasteiger partial charge in [-0.25, -0.2) is 13.4 Å². The van der Waals surface area contributed by atoms with E-state index in [9.17, 15) is 8.42 Å². The zero-order valence-corrected chi connectivity index (χ0v) is 10.8. The molecule has 0 amide bonds. The molecular weight excluding hydrogens is 236 g/mol. The van der Waals surface area contributed by atoms with Crippen LogP contribution in [0.15, 0.2) is 23.4 Å². The number of nitrogens with one attached hydrogen (secondary N) is 1. The van der Waals surface area contributed by atoms with Crippen LogP contribution < -0.4 is 5.32 Å². The molecule has 1 saturated heterocycles. The summed E-state index contributed by atoms with van der Waals surface area (Å²) >= 11 is 0. The molecule has 1 fully saturated rings. The van der Waals surface area contributed by atoms with E-state index in [2.05, 4.69) is 10.3 Å². The Labute approximate surface area is 102 Å². The smallest absolute Gasteiger partial charge is 0.195 e. The molecule has 0 radical (unpaired) electrons. The van der Waals surface area contributed by atoms with Crippen molar-refractivity contribution in [1.29, 1.82) is 0 Å². The Hall–Kier alpha value is -0.940. The van der Waals surface area contributed by atoms with Gasteiger partial charge in [-0.2, -0.15) is 0 Å². The molecule has 0 atom stereocenters. The number of aryl methyl sites for hydroxylation is 1. The maximum absolute atomic E-state index is 12.1. The van der Waals surface area contributed by atoms with Crippen molar-refractivity contribution in [1.82, 2.24) is 10.3 Å². The third kappa shape index (κ3) is 3.26. The maximum Gasteiger partial charge on any atom is 0.195 e. The highest BCUT2D eigenvalue weighted by molar-refractivity contribution is 7.91. The van der Waals surface area contributed by atoms with Crippen LogP contribution in [0.5, 0.6) is 0 Å². The lowest BCUT2D eigenvalue weighted by Crippen LogP contribution is -2.31. The quantitative estimate of drug-likeness (QED) is 0.879. The van der Waals surface area contributed by atoms with E-state index in [1.807, 2.05) is 6.92 Å². The molecule has 0 unspecified atom stereocenters. The summed E-state index contributed by atoms with van der Waals surface area (Å²) in [5.74, 6) is 0.495. The summed E-state index contributed by atoms with van der Waals surface area (Å²) in [5.41, 5.74) is 0.978. The predicted octanol–water partition coefficient (Wildman–Crippen LogP) is 1.16. The van der Waals surface area contributed by atoms with Gasteiger partial charge in [0, 0.05) is 6.20 Å². The van der Waals surface area contributed by atoms with E-state index in [4.69, 9.17) is 0 Å². The van der Waals surface area contributed by atoms with Gasteiger partial charge in [0.15, 0.2) is 14.9 Å². The summed E-state index contributed by atoms with van der Waals surface area (Å²) < 4.78 is 24.3. The Morgan fingerprint density at radius 2 is 2.06 bits per heavy atom. The second kappa shape index (κ2) is 5.14. The average Bonchev–Trinajstić information content (AvgIpc) is 2.30. The normalized spacial score (nSPS) is 18.2. The number of sulfone groups is 1. The van der Waals surface area contributed by atoms with Crippen LogP contribution in [-0.4, -0.2) is 32.2 Å². The van der Waals surface area contributed by atoms with Crippen molar-refractivity contribution in [2.24, 2.45) is 5.92 Å². The van der Waals surface area contributed by atoms with E-state index < -0.39 is 9.84 Å². The first-order valence-electron chi connectivity index (χ1n) is 5.94. The fraction of sp³-hybridized carbons (Fsp3) is 0.583. The van der Waals surface area contributed by atoms with Crippen molar-refractivity contribution >= 4 is 9.84 Å². The van der Waals surface area contributed by atoms with E-state index in [-0.39, 0.29) is 16.7 Å². The van der Waals surface area contributed by atoms with Crippen LogP contribution >= 0.6 is 0 Å². The van der Waals surface area contributed by atoms with Gasteiger partial charge >= 0.3 is 0 Å². The number of rotatable bonds is 3. The van der Waals surface area contributed by atoms with Gasteiger partial charge in [0.1, 0.15) is 0 Å². The Balaban J connectivity index is 2.10. The summed E-state index contributed by atoms with van der Waals surface area (Å²) in [6, 6.07) is 3.40. The van der Waals surface area contributed by atoms with Gasteiger partial charge in [-0.1, -0.05) is 6.07 Å². The van der Waals surface area contributed by atoms with Crippen LogP contribution in [0.1, 0.15) is 18.4 Å². The first-order valence-corrected chi connectivity index (χ1v) is 7.59. The van der Waals surface area contributed by atoms with E-state index in [0.29, 0.717) is 0 Å². The van der Waals surface area contributed by atoms with Gasteiger partial charge in [0.05, 0.1) is 5.75 Å². The summed E-state index contributed by atoms with van der Waals surface area (Å²) in [6.45, 7) is 3.74. The summed E-state index contributed by atoms with van der Waals surface area (Å²) in [7, 11) is -3.22. The first kappa shape index (κ1) is 12.5. The third-order valence-electron chi connectivity index (χ3n) is 3.12. The van der Waals surface area contributed by atoms with Crippen LogP contribution in [0.3, 0.4) is 0 Å². The fourth-order valence-electron chi connectivity index (χ4n) is 2.08. The standard InChI is InChI=1S/C12H18N2O2S/c1-10-2-3-12(14-8-10)17(15,16)9-11-4-6-13-7-5-11/h2-3,8,11,13H,4-7,9H2,1H3. The third-order valence-corrected chi connectivity index (χ3v) is 4.91. The van der Waals surface area contributed by atoms with Crippen molar-refractivity contribution in [2.75, 3.05) is 18.8 Å². The molecular formula is C12H18N2O2S. The van der Waals surface area contributed by atoms with Crippen molar-refractivity contribution in [3.8, 4) is 0 Å². The lowest BCUT2D eigenvalue weighted by molar-refractivity contribution is 0.401. The van der Waals surface area contributed by atoms with Crippen molar-refractivity contribution in [2.45, 2.75) is 24.8 Å². The Kier molecular flexibility index (Phi) is 3.79. The lowest BCUT2D eigenvalue weighted by atomic mass is 10.0. The first-order chi connectivity index (χ1) is 8.08. The summed E-state index contributed by atoms with van der Waals surface area (Å²) in [4.78, 5) is 4.01. The van der Waals surface area contributed by atoms with E-state index in [1.165, 1.54) is 0 Å². The van der Waals surface area contributed by atoms with Gasteiger partial charge in [0.25, 0.3) is 0 Å². The molecule has 1 aliphatic heterocycles. The SMILES string of the molecule is Cc1ccc(S(=O)(=O)CC2CCNCC2)nc1. The second-order valence-electron chi connectivity index (χ2n) is 4.65. The van der Waals surface area contributed by atoms with Crippen molar-refractivity contribution in [3.63, 3.8) is 0 Å². The van der Waals surface area contributed by atoms with Crippen LogP contribution in [0.4, 0.5) is 0 Å². The van der Waals surface area contributed by atoms with Gasteiger partial charge in [0.2, 0.25) is 0 Å². The van der Waals surface area contributed by atoms with Gasteiger partial charge < -0.3 is 5.32 Å². The minimum Gasteiger partial charge on any atom is -0.317 e. The molecule has 17 heavy (non-hydrogen) atoms. The predicted molar refractivity (Wildman–Crippen MR) is 66.6 cm³/mol. The molecule has 2 heterocycles. The minimum atomic E-state index is -3.22. The number of piperidine rings is 1. The van der Waals surface area contributed by atoms with Gasteiger partial charge in [-0.05, 0) is 50.4 Å². The minimum absolute atomic E-state index is 0.210. The van der Waals surface area contributed by atoms with Crippen LogP contribution in [0.25, 0.3) is 0 Å². The van der Waals surface area contributed by atoms with Crippen LogP contribution in [0.2, 0.25) is 0 Å². The maximum atomic E-state index is 12.1. The van der Waals surface area contributed by atoms with Crippen LogP contribution in [0, 0.1) is 12.8 Å². The number of aromatic nitrogens is 1. The molecule has 1 aromatic rings. The van der Waals surface area contributed by atoms with E-state index >= 15 is 0 Å². The number of nitrogens with zero attached hydrogens (tertiary/aromatic N) is 1. The zero-order chi connectivity index (χ0) is 12.3. The molecule has 0 aromatic carbocycles. The molecule has 0 saturated carbocycles. The molecule has 0 aliphatic carbocycles. The number of hydrogen-bond donors (Lipinski definition) is 1. The zero-order valence-electron chi connectivity index (χ0n) is 10.0. The Bertz CT molecular complexity index is 462. The molecule has 1 N–H and O–H groups in total. The molecule has 2 rings (SSSR count). The molecule has 1 aromatic heterocycles. The summed E-state index contributed by atoms with van der Waals surface area (Å²) in [6.07, 6.45) is 3.48. The molecule has 0 spiro atoms. The largest absolute Gasteiger partial charge is 0.317 e. The Morgan fingerprint density at radius 3 is 2.65 bits per heavy atom. The molecule has 94 valence electrons. The van der Waals surface area contributed by atoms with Gasteiger partial charge in [-0.3, -0.25) is 0 Å². The van der Waals surface area contributed by atoms with Gasteiger partial charge in [-0.15, -0.1) is 0 Å². The van der Waals surface area contributed by atoms with E-state index in [1.54, 1.807) is 18.3 Å². The molecule has 4 nitrogen and oxygen atoms in total. The highest BCUT2D eigenvalue weighted by Crippen LogP contribution is 2.18. The topological polar surface area (TPSA) is 59.1 Å². The number of pyridine rings is 1. The molecule has 0 bridgehead atoms. The van der Waals surface area contributed by atoms with E-state index in [0.717, 1.165) is 31.5 Å². The highest BCUT2D eigenvalue weighted by atomic mass is 32.2. The van der Waals surface area contributed by atoms with Crippen molar-refractivity contribution < 1.29 is 8.42 Å². The average molecular weight is 254 g/mol. The van der Waals surface area contributed by atoms with Crippen molar-refractivity contribution in [3.05, 3.63) is 23.9 Å². The highest BCUT2D eigenvalue weighted by Gasteiger charge is 2.23. The molecule has 1 aliphatic rings. The Morgan fingerprint density at radius 1 is 1.35 bits per heavy atom. The lowest BCUT2D eigenvalue weighted by Gasteiger charge is -2.22. The van der Waals surface area contributed by atoms with Crippen LogP contribution in [-0.2, 0) is 9.84 Å². The molecule has 5 heteroatoms. The fourth-order valence-corrected chi connectivity index (χ4v) is 3.70. The number of hydrogen-bond acceptors (Lipinski definition) is 4. The summed E-state index contributed by atoms with van der Waals surface area (Å²) in [5, 5.41) is 3.45.